The highest BCUT2D eigenvalue weighted by molar-refractivity contribution is 5.90. The van der Waals surface area contributed by atoms with E-state index in [9.17, 15) is 9.59 Å². The largest absolute Gasteiger partial charge is 0.448 e. The van der Waals surface area contributed by atoms with Crippen LogP contribution in [-0.2, 0) is 9.53 Å². The second-order valence-electron chi connectivity index (χ2n) is 3.31. The number of carbonyl (C=O) groups excluding carboxylic acids is 2. The predicted molar refractivity (Wildman–Crippen MR) is 56.8 cm³/mol. The molecule has 1 rings (SSSR count). The molecule has 0 aliphatic rings. The van der Waals surface area contributed by atoms with Crippen molar-refractivity contribution in [1.29, 1.82) is 0 Å². The second-order valence-corrected chi connectivity index (χ2v) is 3.31. The Hall–Kier alpha value is -1.85. The van der Waals surface area contributed by atoms with E-state index in [1.54, 1.807) is 0 Å². The lowest BCUT2D eigenvalue weighted by Crippen LogP contribution is -2.36. The molecule has 1 unspecified atom stereocenters. The normalized spacial score (nSPS) is 11.9. The lowest BCUT2D eigenvalue weighted by molar-refractivity contribution is -0.129. The molecule has 1 heterocycles. The number of hydrogen-bond acceptors (Lipinski definition) is 4. The van der Waals surface area contributed by atoms with Crippen LogP contribution in [0.4, 0.5) is 0 Å². The van der Waals surface area contributed by atoms with Crippen LogP contribution in [0.1, 0.15) is 30.8 Å². The predicted octanol–water partition coefficient (Wildman–Crippen LogP) is 0.481. The van der Waals surface area contributed by atoms with Gasteiger partial charge in [0.1, 0.15) is 5.69 Å². The molecule has 0 aliphatic heterocycles. The van der Waals surface area contributed by atoms with Crippen molar-refractivity contribution in [2.45, 2.75) is 26.4 Å². The van der Waals surface area contributed by atoms with E-state index in [4.69, 9.17) is 4.74 Å². The molecule has 0 aliphatic carbocycles. The van der Waals surface area contributed by atoms with Crippen molar-refractivity contribution in [3.63, 3.8) is 0 Å². The van der Waals surface area contributed by atoms with Gasteiger partial charge >= 0.3 is 5.97 Å². The first-order valence-electron chi connectivity index (χ1n) is 5.13. The standard InChI is InChI=1S/C10H15N3O3/c1-3-5-11-9(14)7(2)16-10(15)8-4-6-12-13-8/h4,6-7H,3,5H2,1-2H3,(H,11,14)(H,12,13). The summed E-state index contributed by atoms with van der Waals surface area (Å²) >= 11 is 0. The summed E-state index contributed by atoms with van der Waals surface area (Å²) in [7, 11) is 0. The summed E-state index contributed by atoms with van der Waals surface area (Å²) in [5.74, 6) is -0.883. The zero-order valence-corrected chi connectivity index (χ0v) is 9.32. The molecule has 1 aromatic heterocycles. The molecule has 88 valence electrons. The molecule has 0 bridgehead atoms. The highest BCUT2D eigenvalue weighted by Gasteiger charge is 2.18. The Morgan fingerprint density at radius 1 is 1.62 bits per heavy atom. The Bertz CT molecular complexity index is 348. The van der Waals surface area contributed by atoms with Crippen molar-refractivity contribution in [3.05, 3.63) is 18.0 Å². The third-order valence-corrected chi connectivity index (χ3v) is 1.92. The highest BCUT2D eigenvalue weighted by Crippen LogP contribution is 2.00. The van der Waals surface area contributed by atoms with Gasteiger partial charge < -0.3 is 10.1 Å². The molecule has 1 aromatic rings. The number of nitrogens with zero attached hydrogens (tertiary/aromatic N) is 1. The van der Waals surface area contributed by atoms with E-state index in [0.717, 1.165) is 6.42 Å². The van der Waals surface area contributed by atoms with E-state index < -0.39 is 12.1 Å². The van der Waals surface area contributed by atoms with Crippen LogP contribution >= 0.6 is 0 Å². The smallest absolute Gasteiger partial charge is 0.357 e. The fraction of sp³-hybridized carbons (Fsp3) is 0.500. The molecule has 16 heavy (non-hydrogen) atoms. The van der Waals surface area contributed by atoms with E-state index in [1.165, 1.54) is 19.2 Å². The van der Waals surface area contributed by atoms with Crippen LogP contribution in [0, 0.1) is 0 Å². The molecule has 6 heteroatoms. The first kappa shape index (κ1) is 12.2. The van der Waals surface area contributed by atoms with Gasteiger partial charge in [-0.1, -0.05) is 6.92 Å². The minimum Gasteiger partial charge on any atom is -0.448 e. The number of aromatic amines is 1. The monoisotopic (exact) mass is 225 g/mol. The highest BCUT2D eigenvalue weighted by atomic mass is 16.5. The SMILES string of the molecule is CCCNC(=O)C(C)OC(=O)c1ccn[nH]1. The maximum Gasteiger partial charge on any atom is 0.357 e. The fourth-order valence-corrected chi connectivity index (χ4v) is 1.04. The van der Waals surface area contributed by atoms with Crippen molar-refractivity contribution >= 4 is 11.9 Å². The summed E-state index contributed by atoms with van der Waals surface area (Å²) in [5.41, 5.74) is 0.232. The Morgan fingerprint density at radius 3 is 2.94 bits per heavy atom. The van der Waals surface area contributed by atoms with Gasteiger partial charge in [0.25, 0.3) is 5.91 Å². The van der Waals surface area contributed by atoms with Crippen molar-refractivity contribution in [2.24, 2.45) is 0 Å². The second kappa shape index (κ2) is 5.89. The molecule has 0 saturated carbocycles. The van der Waals surface area contributed by atoms with Crippen LogP contribution < -0.4 is 5.32 Å². The van der Waals surface area contributed by atoms with Crippen LogP contribution in [0.15, 0.2) is 12.3 Å². The van der Waals surface area contributed by atoms with Crippen molar-refractivity contribution in [2.75, 3.05) is 6.54 Å². The maximum absolute atomic E-state index is 11.4. The summed E-state index contributed by atoms with van der Waals surface area (Å²) in [6, 6.07) is 1.49. The number of esters is 1. The van der Waals surface area contributed by atoms with E-state index in [1.807, 2.05) is 6.92 Å². The number of ether oxygens (including phenoxy) is 1. The Morgan fingerprint density at radius 2 is 2.38 bits per heavy atom. The van der Waals surface area contributed by atoms with Gasteiger partial charge in [0.05, 0.1) is 0 Å². The molecule has 0 aromatic carbocycles. The average Bonchev–Trinajstić information content (AvgIpc) is 2.79. The molecular weight excluding hydrogens is 210 g/mol. The quantitative estimate of drug-likeness (QED) is 0.714. The van der Waals surface area contributed by atoms with Crippen LogP contribution in [0.2, 0.25) is 0 Å². The van der Waals surface area contributed by atoms with Gasteiger partial charge in [-0.3, -0.25) is 9.89 Å². The van der Waals surface area contributed by atoms with Crippen LogP contribution in [-0.4, -0.2) is 34.7 Å². The van der Waals surface area contributed by atoms with Gasteiger partial charge in [-0.2, -0.15) is 5.10 Å². The first-order chi connectivity index (χ1) is 7.65. The molecule has 0 fully saturated rings. The average molecular weight is 225 g/mol. The van der Waals surface area contributed by atoms with Crippen molar-refractivity contribution in [3.8, 4) is 0 Å². The molecule has 1 atom stereocenters. The zero-order valence-electron chi connectivity index (χ0n) is 9.32. The molecule has 0 saturated heterocycles. The molecule has 6 nitrogen and oxygen atoms in total. The Balaban J connectivity index is 2.42. The third kappa shape index (κ3) is 3.38. The maximum atomic E-state index is 11.4. The summed E-state index contributed by atoms with van der Waals surface area (Å²) in [4.78, 5) is 22.8. The van der Waals surface area contributed by atoms with Crippen molar-refractivity contribution in [1.82, 2.24) is 15.5 Å². The topological polar surface area (TPSA) is 84.1 Å². The van der Waals surface area contributed by atoms with Gasteiger partial charge in [-0.15, -0.1) is 0 Å². The Labute approximate surface area is 93.4 Å². The Kier molecular flexibility index (Phi) is 4.50. The van der Waals surface area contributed by atoms with E-state index in [0.29, 0.717) is 6.54 Å². The van der Waals surface area contributed by atoms with E-state index >= 15 is 0 Å². The molecule has 2 N–H and O–H groups in total. The minimum absolute atomic E-state index is 0.232. The number of carbonyl (C=O) groups is 2. The van der Waals surface area contributed by atoms with Gasteiger partial charge in [0.2, 0.25) is 0 Å². The van der Waals surface area contributed by atoms with Crippen LogP contribution in [0.25, 0.3) is 0 Å². The third-order valence-electron chi connectivity index (χ3n) is 1.92. The fourth-order valence-electron chi connectivity index (χ4n) is 1.04. The van der Waals surface area contributed by atoms with Crippen LogP contribution in [0.5, 0.6) is 0 Å². The van der Waals surface area contributed by atoms with Crippen LogP contribution in [0.3, 0.4) is 0 Å². The summed E-state index contributed by atoms with van der Waals surface area (Å²) in [6.45, 7) is 4.05. The number of aromatic nitrogens is 2. The molecular formula is C10H15N3O3. The van der Waals surface area contributed by atoms with Gasteiger partial charge in [0, 0.05) is 12.7 Å². The molecule has 1 amide bonds. The lowest BCUT2D eigenvalue weighted by atomic mass is 10.3. The summed E-state index contributed by atoms with van der Waals surface area (Å²) < 4.78 is 4.93. The number of H-pyrrole nitrogens is 1. The minimum atomic E-state index is -0.803. The van der Waals surface area contributed by atoms with E-state index in [2.05, 4.69) is 15.5 Å². The lowest BCUT2D eigenvalue weighted by Gasteiger charge is -2.12. The molecule has 0 spiro atoms. The number of hydrogen-bond donors (Lipinski definition) is 2. The molecule has 0 radical (unpaired) electrons. The van der Waals surface area contributed by atoms with Crippen molar-refractivity contribution < 1.29 is 14.3 Å². The number of nitrogens with one attached hydrogen (secondary N) is 2. The summed E-state index contributed by atoms with van der Waals surface area (Å²) in [5, 5.41) is 8.73. The van der Waals surface area contributed by atoms with Gasteiger partial charge in [0.15, 0.2) is 6.10 Å². The van der Waals surface area contributed by atoms with E-state index in [-0.39, 0.29) is 11.6 Å². The number of rotatable bonds is 5. The zero-order chi connectivity index (χ0) is 12.0. The number of amides is 1. The summed E-state index contributed by atoms with van der Waals surface area (Å²) in [6.07, 6.45) is 1.48. The first-order valence-corrected chi connectivity index (χ1v) is 5.13. The van der Waals surface area contributed by atoms with Gasteiger partial charge in [-0.25, -0.2) is 4.79 Å². The van der Waals surface area contributed by atoms with Gasteiger partial charge in [-0.05, 0) is 19.4 Å².